The molecule has 1 N–H and O–H groups in total. The predicted molar refractivity (Wildman–Crippen MR) is 79.4 cm³/mol. The monoisotopic (exact) mass is 313 g/mol. The molecule has 1 heterocycles. The second-order valence-corrected chi connectivity index (χ2v) is 7.38. The Bertz CT molecular complexity index is 628. The van der Waals surface area contributed by atoms with Gasteiger partial charge in [-0.25, -0.2) is 12.8 Å². The van der Waals surface area contributed by atoms with Crippen LogP contribution in [0.4, 0.5) is 4.39 Å². The summed E-state index contributed by atoms with van der Waals surface area (Å²) in [7, 11) is -3.29. The Labute approximate surface area is 124 Å². The van der Waals surface area contributed by atoms with Gasteiger partial charge < -0.3 is 10.1 Å². The van der Waals surface area contributed by atoms with Gasteiger partial charge in [0.15, 0.2) is 9.84 Å². The van der Waals surface area contributed by atoms with E-state index in [0.717, 1.165) is 5.57 Å². The summed E-state index contributed by atoms with van der Waals surface area (Å²) in [5, 5.41) is 3.23. The fourth-order valence-electron chi connectivity index (χ4n) is 2.38. The molecule has 1 aromatic carbocycles. The van der Waals surface area contributed by atoms with Gasteiger partial charge in [-0.05, 0) is 37.1 Å². The topological polar surface area (TPSA) is 55.4 Å². The van der Waals surface area contributed by atoms with Crippen LogP contribution in [0, 0.1) is 5.82 Å². The smallest absolute Gasteiger partial charge is 0.178 e. The van der Waals surface area contributed by atoms with E-state index in [1.54, 1.807) is 0 Å². The molecule has 0 amide bonds. The molecular weight excluding hydrogens is 293 g/mol. The van der Waals surface area contributed by atoms with E-state index in [1.165, 1.54) is 18.2 Å². The molecule has 1 aliphatic heterocycles. The lowest BCUT2D eigenvalue weighted by atomic mass is 10.0. The lowest BCUT2D eigenvalue weighted by molar-refractivity contribution is 0.155. The Balaban J connectivity index is 2.02. The molecule has 1 atom stereocenters. The highest BCUT2D eigenvalue weighted by Gasteiger charge is 2.30. The number of fused-ring (bicyclic) bond motifs is 1. The molecule has 0 saturated heterocycles. The van der Waals surface area contributed by atoms with Crippen molar-refractivity contribution >= 4 is 9.84 Å². The second kappa shape index (κ2) is 6.68. The van der Waals surface area contributed by atoms with Crippen LogP contribution in [0.5, 0.6) is 0 Å². The molecule has 0 fully saturated rings. The minimum Gasteiger partial charge on any atom is -0.376 e. The summed E-state index contributed by atoms with van der Waals surface area (Å²) in [6.45, 7) is 7.22. The van der Waals surface area contributed by atoms with Crippen LogP contribution in [0.2, 0.25) is 0 Å². The molecule has 0 radical (unpaired) electrons. The molecule has 0 saturated carbocycles. The van der Waals surface area contributed by atoms with Crippen molar-refractivity contribution < 1.29 is 17.5 Å². The highest BCUT2D eigenvalue weighted by atomic mass is 32.2. The summed E-state index contributed by atoms with van der Waals surface area (Å²) >= 11 is 0. The number of hydrogen-bond acceptors (Lipinski definition) is 4. The zero-order chi connectivity index (χ0) is 15.5. The lowest BCUT2D eigenvalue weighted by Crippen LogP contribution is -2.32. The zero-order valence-corrected chi connectivity index (χ0v) is 12.9. The average Bonchev–Trinajstić information content (AvgIpc) is 2.40. The van der Waals surface area contributed by atoms with E-state index in [4.69, 9.17) is 4.74 Å². The van der Waals surface area contributed by atoms with Crippen LogP contribution >= 0.6 is 0 Å². The molecule has 0 spiro atoms. The van der Waals surface area contributed by atoms with Crippen LogP contribution in [-0.4, -0.2) is 33.9 Å². The third-order valence-electron chi connectivity index (χ3n) is 3.34. The fourth-order valence-corrected chi connectivity index (χ4v) is 3.98. The van der Waals surface area contributed by atoms with Crippen LogP contribution in [0.25, 0.3) is 0 Å². The van der Waals surface area contributed by atoms with Gasteiger partial charge in [0, 0.05) is 12.6 Å². The van der Waals surface area contributed by atoms with Gasteiger partial charge in [0.1, 0.15) is 5.82 Å². The summed E-state index contributed by atoms with van der Waals surface area (Å²) in [4.78, 5) is 0.232. The van der Waals surface area contributed by atoms with Crippen molar-refractivity contribution in [2.24, 2.45) is 0 Å². The van der Waals surface area contributed by atoms with E-state index in [1.807, 2.05) is 6.92 Å². The maximum Gasteiger partial charge on any atom is 0.178 e. The first-order valence-electron chi connectivity index (χ1n) is 6.88. The second-order valence-electron chi connectivity index (χ2n) is 5.31. The minimum absolute atomic E-state index is 0.0793. The summed E-state index contributed by atoms with van der Waals surface area (Å²) in [5.74, 6) is -0.341. The highest BCUT2D eigenvalue weighted by molar-refractivity contribution is 7.91. The van der Waals surface area contributed by atoms with Gasteiger partial charge >= 0.3 is 0 Å². The first kappa shape index (κ1) is 16.1. The Kier molecular flexibility index (Phi) is 5.13. The Hall–Kier alpha value is -1.24. The van der Waals surface area contributed by atoms with Crippen molar-refractivity contribution in [3.63, 3.8) is 0 Å². The van der Waals surface area contributed by atoms with Crippen molar-refractivity contribution in [2.45, 2.75) is 24.3 Å². The standard InChI is InChI=1S/C15H20FNO3S/c1-11(2)10-20-7-6-17-14-5-8-21(18,19)15-4-3-12(16)9-13(14)15/h3-4,9,14,17H,1,5-8,10H2,2H3. The molecule has 116 valence electrons. The van der Waals surface area contributed by atoms with Gasteiger partial charge in [-0.15, -0.1) is 0 Å². The van der Waals surface area contributed by atoms with Gasteiger partial charge in [0.05, 0.1) is 23.9 Å². The SMILES string of the molecule is C=C(C)COCCNC1CCS(=O)(=O)c2ccc(F)cc21. The number of hydrogen-bond donors (Lipinski definition) is 1. The molecule has 0 aromatic heterocycles. The molecule has 4 nitrogen and oxygen atoms in total. The van der Waals surface area contributed by atoms with Crippen molar-refractivity contribution in [1.82, 2.24) is 5.32 Å². The molecule has 0 aliphatic carbocycles. The number of rotatable bonds is 6. The van der Waals surface area contributed by atoms with Gasteiger partial charge in [0.2, 0.25) is 0 Å². The first-order valence-corrected chi connectivity index (χ1v) is 8.53. The Morgan fingerprint density at radius 3 is 3.00 bits per heavy atom. The number of sulfone groups is 1. The van der Waals surface area contributed by atoms with Crippen LogP contribution in [0.3, 0.4) is 0 Å². The maximum atomic E-state index is 13.4. The minimum atomic E-state index is -3.29. The predicted octanol–water partition coefficient (Wildman–Crippen LogP) is 2.23. The van der Waals surface area contributed by atoms with Crippen molar-refractivity contribution in [2.75, 3.05) is 25.5 Å². The maximum absolute atomic E-state index is 13.4. The molecule has 1 aliphatic rings. The number of nitrogens with one attached hydrogen (secondary N) is 1. The van der Waals surface area contributed by atoms with Crippen LogP contribution in [-0.2, 0) is 14.6 Å². The normalized spacial score (nSPS) is 20.0. The van der Waals surface area contributed by atoms with Crippen molar-refractivity contribution in [3.05, 3.63) is 41.7 Å². The lowest BCUT2D eigenvalue weighted by Gasteiger charge is -2.26. The fraction of sp³-hybridized carbons (Fsp3) is 0.467. The summed E-state index contributed by atoms with van der Waals surface area (Å²) < 4.78 is 42.8. The molecule has 1 unspecified atom stereocenters. The molecule has 21 heavy (non-hydrogen) atoms. The molecule has 2 rings (SSSR count). The van der Waals surface area contributed by atoms with Crippen molar-refractivity contribution in [1.29, 1.82) is 0 Å². The summed E-state index contributed by atoms with van der Waals surface area (Å²) in [5.41, 5.74) is 1.47. The Morgan fingerprint density at radius 2 is 2.29 bits per heavy atom. The number of ether oxygens (including phenoxy) is 1. The van der Waals surface area contributed by atoms with Crippen molar-refractivity contribution in [3.8, 4) is 0 Å². The largest absolute Gasteiger partial charge is 0.376 e. The van der Waals surface area contributed by atoms with E-state index in [9.17, 15) is 12.8 Å². The van der Waals surface area contributed by atoms with E-state index in [-0.39, 0.29) is 16.7 Å². The Morgan fingerprint density at radius 1 is 1.52 bits per heavy atom. The average molecular weight is 313 g/mol. The van der Waals surface area contributed by atoms with E-state index >= 15 is 0 Å². The zero-order valence-electron chi connectivity index (χ0n) is 12.1. The molecule has 6 heteroatoms. The molecular formula is C15H20FNO3S. The quantitative estimate of drug-likeness (QED) is 0.497. The van der Waals surface area contributed by atoms with E-state index in [0.29, 0.717) is 31.7 Å². The third kappa shape index (κ3) is 4.12. The third-order valence-corrected chi connectivity index (χ3v) is 5.16. The van der Waals surface area contributed by atoms with E-state index in [2.05, 4.69) is 11.9 Å². The first-order chi connectivity index (χ1) is 9.90. The van der Waals surface area contributed by atoms with Crippen LogP contribution < -0.4 is 5.32 Å². The van der Waals surface area contributed by atoms with Gasteiger partial charge in [-0.1, -0.05) is 12.2 Å². The van der Waals surface area contributed by atoms with Gasteiger partial charge in [-0.3, -0.25) is 0 Å². The number of benzene rings is 1. The van der Waals surface area contributed by atoms with E-state index < -0.39 is 15.7 Å². The molecule has 0 bridgehead atoms. The highest BCUT2D eigenvalue weighted by Crippen LogP contribution is 2.32. The number of halogens is 1. The van der Waals surface area contributed by atoms with Gasteiger partial charge in [-0.2, -0.15) is 0 Å². The van der Waals surface area contributed by atoms with Crippen LogP contribution in [0.15, 0.2) is 35.2 Å². The molecule has 1 aromatic rings. The summed E-state index contributed by atoms with van der Waals surface area (Å²) in [6, 6.07) is 3.69. The summed E-state index contributed by atoms with van der Waals surface area (Å²) in [6.07, 6.45) is 0.444. The van der Waals surface area contributed by atoms with Crippen LogP contribution in [0.1, 0.15) is 24.9 Å². The van der Waals surface area contributed by atoms with Gasteiger partial charge in [0.25, 0.3) is 0 Å².